The minimum absolute atomic E-state index is 0.00301. The van der Waals surface area contributed by atoms with Gasteiger partial charge in [0, 0.05) is 35.6 Å². The lowest BCUT2D eigenvalue weighted by atomic mass is 10.1. The molecule has 2 fully saturated rings. The van der Waals surface area contributed by atoms with Crippen molar-refractivity contribution < 1.29 is 9.13 Å². The van der Waals surface area contributed by atoms with Gasteiger partial charge < -0.3 is 9.64 Å². The second-order valence-corrected chi connectivity index (χ2v) is 9.43. The second-order valence-electron chi connectivity index (χ2n) is 9.00. The average Bonchev–Trinajstić information content (AvgIpc) is 3.37. The maximum atomic E-state index is 14.9. The third-order valence-corrected chi connectivity index (χ3v) is 6.47. The van der Waals surface area contributed by atoms with E-state index in [1.165, 1.54) is 18.9 Å². The molecular weight excluding hydrogens is 443 g/mol. The molecule has 0 radical (unpaired) electrons. The summed E-state index contributed by atoms with van der Waals surface area (Å²) < 4.78 is 25.0. The maximum absolute atomic E-state index is 14.9. The first-order valence-electron chi connectivity index (χ1n) is 11.2. The molecule has 33 heavy (non-hydrogen) atoms. The maximum Gasteiger partial charge on any atom is 0.151 e. The van der Waals surface area contributed by atoms with Crippen molar-refractivity contribution >= 4 is 23.1 Å². The predicted octanol–water partition coefficient (Wildman–Crippen LogP) is 5.00. The van der Waals surface area contributed by atoms with E-state index in [0.717, 1.165) is 22.7 Å². The van der Waals surface area contributed by atoms with E-state index < -0.39 is 5.82 Å². The van der Waals surface area contributed by atoms with Gasteiger partial charge in [-0.1, -0.05) is 11.6 Å². The van der Waals surface area contributed by atoms with Crippen LogP contribution >= 0.6 is 11.6 Å². The number of imidazole rings is 1. The fraction of sp³-hybridized carbons (Fsp3) is 0.375. The van der Waals surface area contributed by atoms with Crippen molar-refractivity contribution in [3.8, 4) is 11.4 Å². The van der Waals surface area contributed by atoms with Gasteiger partial charge in [0.05, 0.1) is 36.1 Å². The number of aromatic nitrogens is 5. The first-order valence-corrected chi connectivity index (χ1v) is 11.6. The summed E-state index contributed by atoms with van der Waals surface area (Å²) in [7, 11) is 0. The summed E-state index contributed by atoms with van der Waals surface area (Å²) in [6, 6.07) is 7.13. The van der Waals surface area contributed by atoms with Gasteiger partial charge in [-0.3, -0.25) is 9.08 Å². The topological polar surface area (TPSA) is 60.5 Å². The number of rotatable bonds is 4. The fourth-order valence-electron chi connectivity index (χ4n) is 4.50. The van der Waals surface area contributed by atoms with Gasteiger partial charge in [-0.15, -0.1) is 0 Å². The highest BCUT2D eigenvalue weighted by Crippen LogP contribution is 2.36. The van der Waals surface area contributed by atoms with Gasteiger partial charge >= 0.3 is 0 Å². The zero-order valence-corrected chi connectivity index (χ0v) is 19.2. The molecule has 1 aromatic carbocycles. The van der Waals surface area contributed by atoms with Crippen LogP contribution in [0.25, 0.3) is 17.0 Å². The average molecular weight is 467 g/mol. The SMILES string of the molecule is Cc1cn2c(-c3ccc(Cl)cc3F)nc(N3CC(C)OC(c4cnn(C5CC5)c4)C3)cc2n1. The van der Waals surface area contributed by atoms with E-state index in [2.05, 4.69) is 28.1 Å². The molecule has 0 spiro atoms. The Labute approximate surface area is 195 Å². The van der Waals surface area contributed by atoms with Crippen molar-refractivity contribution in [1.29, 1.82) is 0 Å². The second kappa shape index (κ2) is 7.81. The van der Waals surface area contributed by atoms with Crippen LogP contribution in [0.3, 0.4) is 0 Å². The molecule has 2 atom stereocenters. The number of fused-ring (bicyclic) bond motifs is 1. The van der Waals surface area contributed by atoms with Crippen molar-refractivity contribution in [3.63, 3.8) is 0 Å². The highest BCUT2D eigenvalue weighted by atomic mass is 35.5. The van der Waals surface area contributed by atoms with Crippen LogP contribution in [0.15, 0.2) is 42.9 Å². The van der Waals surface area contributed by atoms with Crippen LogP contribution in [-0.2, 0) is 4.74 Å². The zero-order chi connectivity index (χ0) is 22.7. The molecule has 2 unspecified atom stereocenters. The number of hydrogen-bond donors (Lipinski definition) is 0. The molecule has 1 saturated carbocycles. The summed E-state index contributed by atoms with van der Waals surface area (Å²) in [4.78, 5) is 11.7. The van der Waals surface area contributed by atoms with E-state index in [4.69, 9.17) is 21.3 Å². The summed E-state index contributed by atoms with van der Waals surface area (Å²) in [5.41, 5.74) is 3.01. The van der Waals surface area contributed by atoms with Crippen molar-refractivity contribution in [2.45, 2.75) is 44.9 Å². The molecule has 2 aliphatic rings. The lowest BCUT2D eigenvalue weighted by Gasteiger charge is -2.37. The minimum Gasteiger partial charge on any atom is -0.367 e. The van der Waals surface area contributed by atoms with Crippen LogP contribution in [0.1, 0.15) is 43.2 Å². The van der Waals surface area contributed by atoms with Crippen molar-refractivity contribution in [2.75, 3.05) is 18.0 Å². The number of morpholine rings is 1. The third kappa shape index (κ3) is 3.87. The number of anilines is 1. The summed E-state index contributed by atoms with van der Waals surface area (Å²) >= 11 is 5.99. The largest absolute Gasteiger partial charge is 0.367 e. The summed E-state index contributed by atoms with van der Waals surface area (Å²) in [5.74, 6) is 0.821. The summed E-state index contributed by atoms with van der Waals surface area (Å²) in [6.07, 6.45) is 8.13. The first kappa shape index (κ1) is 20.6. The molecule has 3 aromatic heterocycles. The molecule has 1 saturated heterocycles. The Morgan fingerprint density at radius 3 is 2.76 bits per heavy atom. The lowest BCUT2D eigenvalue weighted by molar-refractivity contribution is -0.0176. The standard InChI is InChI=1S/C24H24ClFN6O/c1-14-10-31-23(28-14)8-22(29-24(31)19-6-3-17(25)7-20(19)26)30-11-15(2)33-21(13-30)16-9-27-32(12-16)18-4-5-18/h3,6-10,12,15,18,21H,4-5,11,13H2,1-2H3. The molecule has 0 amide bonds. The smallest absolute Gasteiger partial charge is 0.151 e. The Balaban J connectivity index is 1.39. The van der Waals surface area contributed by atoms with E-state index in [0.29, 0.717) is 35.5 Å². The van der Waals surface area contributed by atoms with E-state index in [1.54, 1.807) is 12.1 Å². The molecule has 0 N–H and O–H groups in total. The van der Waals surface area contributed by atoms with Crippen LogP contribution in [-0.4, -0.2) is 43.3 Å². The molecule has 1 aliphatic carbocycles. The molecule has 4 heterocycles. The predicted molar refractivity (Wildman–Crippen MR) is 124 cm³/mol. The number of hydrogen-bond acceptors (Lipinski definition) is 5. The highest BCUT2D eigenvalue weighted by Gasteiger charge is 2.31. The van der Waals surface area contributed by atoms with Crippen LogP contribution in [0.4, 0.5) is 10.2 Å². The van der Waals surface area contributed by atoms with Crippen molar-refractivity contribution in [2.24, 2.45) is 0 Å². The normalized spacial score (nSPS) is 21.2. The zero-order valence-electron chi connectivity index (χ0n) is 18.4. The molecular formula is C24H24ClFN6O. The number of benzene rings is 1. The number of aryl methyl sites for hydroxylation is 1. The lowest BCUT2D eigenvalue weighted by Crippen LogP contribution is -2.43. The molecule has 6 rings (SSSR count). The Bertz CT molecular complexity index is 1350. The number of nitrogens with zero attached hydrogens (tertiary/aromatic N) is 6. The fourth-order valence-corrected chi connectivity index (χ4v) is 4.66. The number of ether oxygens (including phenoxy) is 1. The molecule has 4 aromatic rings. The molecule has 1 aliphatic heterocycles. The van der Waals surface area contributed by atoms with Gasteiger partial charge in [0.15, 0.2) is 5.82 Å². The van der Waals surface area contributed by atoms with Gasteiger partial charge in [0.2, 0.25) is 0 Å². The molecule has 0 bridgehead atoms. The van der Waals surface area contributed by atoms with E-state index in [9.17, 15) is 4.39 Å². The van der Waals surface area contributed by atoms with Gasteiger partial charge in [-0.2, -0.15) is 5.10 Å². The Morgan fingerprint density at radius 1 is 1.12 bits per heavy atom. The van der Waals surface area contributed by atoms with E-state index in [1.807, 2.05) is 34.5 Å². The third-order valence-electron chi connectivity index (χ3n) is 6.23. The first-order chi connectivity index (χ1) is 15.9. The van der Waals surface area contributed by atoms with Crippen LogP contribution in [0.5, 0.6) is 0 Å². The van der Waals surface area contributed by atoms with Crippen LogP contribution in [0.2, 0.25) is 5.02 Å². The van der Waals surface area contributed by atoms with Gasteiger partial charge in [-0.05, 0) is 44.9 Å². The van der Waals surface area contributed by atoms with Gasteiger partial charge in [0.25, 0.3) is 0 Å². The quantitative estimate of drug-likeness (QED) is 0.424. The van der Waals surface area contributed by atoms with Crippen LogP contribution < -0.4 is 4.90 Å². The van der Waals surface area contributed by atoms with Crippen LogP contribution in [0, 0.1) is 12.7 Å². The minimum atomic E-state index is -0.416. The molecule has 9 heteroatoms. The van der Waals surface area contributed by atoms with Gasteiger partial charge in [0.1, 0.15) is 23.4 Å². The monoisotopic (exact) mass is 466 g/mol. The Morgan fingerprint density at radius 2 is 1.97 bits per heavy atom. The van der Waals surface area contributed by atoms with E-state index in [-0.39, 0.29) is 12.2 Å². The molecule has 7 nitrogen and oxygen atoms in total. The highest BCUT2D eigenvalue weighted by molar-refractivity contribution is 6.30. The van der Waals surface area contributed by atoms with Crippen molar-refractivity contribution in [1.82, 2.24) is 24.1 Å². The van der Waals surface area contributed by atoms with E-state index >= 15 is 0 Å². The van der Waals surface area contributed by atoms with Gasteiger partial charge in [-0.25, -0.2) is 14.4 Å². The Kier molecular flexibility index (Phi) is 4.88. The molecule has 170 valence electrons. The van der Waals surface area contributed by atoms with Crippen molar-refractivity contribution in [3.05, 3.63) is 65.0 Å². The summed E-state index contributed by atoms with van der Waals surface area (Å²) in [6.45, 7) is 5.28. The Hall–Kier alpha value is -2.97. The summed E-state index contributed by atoms with van der Waals surface area (Å²) in [5, 5.41) is 4.88. The number of halogens is 2.